The topological polar surface area (TPSA) is 74.2 Å². The molecule has 2 aromatic rings. The Morgan fingerprint density at radius 1 is 1.09 bits per heavy atom. The van der Waals surface area contributed by atoms with Gasteiger partial charge in [-0.15, -0.1) is 0 Å². The summed E-state index contributed by atoms with van der Waals surface area (Å²) < 4.78 is 5.66. The lowest BCUT2D eigenvalue weighted by atomic mass is 10.2. The van der Waals surface area contributed by atoms with E-state index in [2.05, 4.69) is 16.7 Å². The molecule has 2 N–H and O–H groups in total. The zero-order chi connectivity index (χ0) is 15.8. The summed E-state index contributed by atoms with van der Waals surface area (Å²) in [7, 11) is 0. The number of carbonyl (C=O) groups excluding carboxylic acids is 1. The molecule has 22 heavy (non-hydrogen) atoms. The van der Waals surface area contributed by atoms with Crippen molar-refractivity contribution in [1.29, 1.82) is 5.26 Å². The van der Waals surface area contributed by atoms with Crippen LogP contribution in [0, 0.1) is 11.3 Å². The predicted molar refractivity (Wildman–Crippen MR) is 85.0 cm³/mol. The van der Waals surface area contributed by atoms with Gasteiger partial charge in [-0.3, -0.25) is 0 Å². The van der Waals surface area contributed by atoms with Crippen molar-refractivity contribution in [3.63, 3.8) is 0 Å². The molecule has 0 saturated heterocycles. The number of nitrogens with one attached hydrogen (secondary N) is 2. The Kier molecular flexibility index (Phi) is 5.38. The highest BCUT2D eigenvalue weighted by Crippen LogP contribution is 2.23. The largest absolute Gasteiger partial charge is 0.457 e. The number of urea groups is 1. The van der Waals surface area contributed by atoms with E-state index >= 15 is 0 Å². The van der Waals surface area contributed by atoms with Gasteiger partial charge >= 0.3 is 6.03 Å². The van der Waals surface area contributed by atoms with Crippen LogP contribution in [0.25, 0.3) is 0 Å². The van der Waals surface area contributed by atoms with E-state index in [1.54, 1.807) is 48.5 Å². The van der Waals surface area contributed by atoms with Gasteiger partial charge in [0, 0.05) is 12.2 Å². The summed E-state index contributed by atoms with van der Waals surface area (Å²) in [6.07, 6.45) is 0.894. The minimum Gasteiger partial charge on any atom is -0.457 e. The summed E-state index contributed by atoms with van der Waals surface area (Å²) in [5.41, 5.74) is 1.28. The molecule has 0 unspecified atom stereocenters. The molecule has 0 aliphatic carbocycles. The molecule has 0 bridgehead atoms. The third-order valence-corrected chi connectivity index (χ3v) is 2.87. The number of hydrogen-bond acceptors (Lipinski definition) is 3. The molecule has 2 rings (SSSR count). The second-order valence-corrected chi connectivity index (χ2v) is 4.64. The van der Waals surface area contributed by atoms with Crippen molar-refractivity contribution < 1.29 is 9.53 Å². The Labute approximate surface area is 129 Å². The zero-order valence-electron chi connectivity index (χ0n) is 12.3. The van der Waals surface area contributed by atoms with Crippen LogP contribution in [-0.2, 0) is 0 Å². The van der Waals surface area contributed by atoms with Gasteiger partial charge in [0.15, 0.2) is 0 Å². The number of nitrogens with zero attached hydrogens (tertiary/aromatic N) is 1. The number of benzene rings is 2. The lowest BCUT2D eigenvalue weighted by Gasteiger charge is -2.08. The first kappa shape index (κ1) is 15.4. The molecule has 0 spiro atoms. The standard InChI is InChI=1S/C17H17N3O2/c1-2-11-19-17(21)20-14-5-9-16(10-6-14)22-15-7-3-13(12-18)4-8-15/h3-10H,2,11H2,1H3,(H2,19,20,21). The van der Waals surface area contributed by atoms with Gasteiger partial charge in [0.05, 0.1) is 11.6 Å². The van der Waals surface area contributed by atoms with Gasteiger partial charge in [-0.25, -0.2) is 4.79 Å². The molecule has 0 saturated carbocycles. The van der Waals surface area contributed by atoms with Crippen LogP contribution in [0.5, 0.6) is 11.5 Å². The number of amides is 2. The molecule has 5 nitrogen and oxygen atoms in total. The fraction of sp³-hybridized carbons (Fsp3) is 0.176. The van der Waals surface area contributed by atoms with E-state index in [1.165, 1.54) is 0 Å². The van der Waals surface area contributed by atoms with Crippen LogP contribution in [0.4, 0.5) is 10.5 Å². The van der Waals surface area contributed by atoms with Crippen LogP contribution >= 0.6 is 0 Å². The fourth-order valence-corrected chi connectivity index (χ4v) is 1.75. The van der Waals surface area contributed by atoms with E-state index < -0.39 is 0 Å². The summed E-state index contributed by atoms with van der Waals surface area (Å²) in [6.45, 7) is 2.64. The van der Waals surface area contributed by atoms with Gasteiger partial charge in [0.1, 0.15) is 11.5 Å². The molecule has 2 amide bonds. The first-order chi connectivity index (χ1) is 10.7. The smallest absolute Gasteiger partial charge is 0.319 e. The second-order valence-electron chi connectivity index (χ2n) is 4.64. The van der Waals surface area contributed by atoms with E-state index in [0.29, 0.717) is 29.3 Å². The molecule has 0 radical (unpaired) electrons. The van der Waals surface area contributed by atoms with Crippen LogP contribution in [0.2, 0.25) is 0 Å². The van der Waals surface area contributed by atoms with Crippen molar-refractivity contribution in [2.75, 3.05) is 11.9 Å². The van der Waals surface area contributed by atoms with Crippen molar-refractivity contribution in [2.45, 2.75) is 13.3 Å². The Morgan fingerprint density at radius 2 is 1.68 bits per heavy atom. The Morgan fingerprint density at radius 3 is 2.23 bits per heavy atom. The molecule has 5 heteroatoms. The lowest BCUT2D eigenvalue weighted by Crippen LogP contribution is -2.29. The van der Waals surface area contributed by atoms with Crippen molar-refractivity contribution >= 4 is 11.7 Å². The van der Waals surface area contributed by atoms with Crippen LogP contribution in [0.1, 0.15) is 18.9 Å². The maximum Gasteiger partial charge on any atom is 0.319 e. The van der Waals surface area contributed by atoms with Crippen molar-refractivity contribution in [3.05, 3.63) is 54.1 Å². The molecule has 0 aromatic heterocycles. The van der Waals surface area contributed by atoms with Crippen LogP contribution in [-0.4, -0.2) is 12.6 Å². The van der Waals surface area contributed by atoms with Gasteiger partial charge in [-0.05, 0) is 55.0 Å². The minimum absolute atomic E-state index is 0.220. The third kappa shape index (κ3) is 4.53. The number of ether oxygens (including phenoxy) is 1. The van der Waals surface area contributed by atoms with Gasteiger partial charge in [-0.2, -0.15) is 5.26 Å². The Bertz CT molecular complexity index is 658. The monoisotopic (exact) mass is 295 g/mol. The van der Waals surface area contributed by atoms with Gasteiger partial charge < -0.3 is 15.4 Å². The maximum absolute atomic E-state index is 11.5. The average Bonchev–Trinajstić information content (AvgIpc) is 2.55. The van der Waals surface area contributed by atoms with E-state index in [4.69, 9.17) is 10.00 Å². The molecule has 0 aliphatic rings. The number of rotatable bonds is 5. The van der Waals surface area contributed by atoms with Crippen LogP contribution in [0.15, 0.2) is 48.5 Å². The van der Waals surface area contributed by atoms with Crippen molar-refractivity contribution in [3.8, 4) is 17.6 Å². The summed E-state index contributed by atoms with van der Waals surface area (Å²) in [5.74, 6) is 1.31. The number of nitriles is 1. The van der Waals surface area contributed by atoms with E-state index in [0.717, 1.165) is 6.42 Å². The maximum atomic E-state index is 11.5. The highest BCUT2D eigenvalue weighted by atomic mass is 16.5. The molecule has 2 aromatic carbocycles. The molecular formula is C17H17N3O2. The van der Waals surface area contributed by atoms with E-state index in [1.807, 2.05) is 6.92 Å². The molecule has 0 aliphatic heterocycles. The van der Waals surface area contributed by atoms with E-state index in [-0.39, 0.29) is 6.03 Å². The summed E-state index contributed by atoms with van der Waals surface area (Å²) in [6, 6.07) is 15.8. The van der Waals surface area contributed by atoms with Crippen LogP contribution < -0.4 is 15.4 Å². The van der Waals surface area contributed by atoms with Gasteiger partial charge in [0.2, 0.25) is 0 Å². The SMILES string of the molecule is CCCNC(=O)Nc1ccc(Oc2ccc(C#N)cc2)cc1. The summed E-state index contributed by atoms with van der Waals surface area (Å²) >= 11 is 0. The highest BCUT2D eigenvalue weighted by molar-refractivity contribution is 5.89. The van der Waals surface area contributed by atoms with Gasteiger partial charge in [-0.1, -0.05) is 6.92 Å². The Balaban J connectivity index is 1.93. The van der Waals surface area contributed by atoms with E-state index in [9.17, 15) is 4.79 Å². The molecule has 0 fully saturated rings. The van der Waals surface area contributed by atoms with Crippen molar-refractivity contribution in [2.24, 2.45) is 0 Å². The molecular weight excluding hydrogens is 278 g/mol. The Hall–Kier alpha value is -3.00. The number of anilines is 1. The predicted octanol–water partition coefficient (Wildman–Crippen LogP) is 3.88. The molecule has 112 valence electrons. The highest BCUT2D eigenvalue weighted by Gasteiger charge is 2.02. The first-order valence-corrected chi connectivity index (χ1v) is 7.04. The first-order valence-electron chi connectivity index (χ1n) is 7.04. The summed E-state index contributed by atoms with van der Waals surface area (Å²) in [4.78, 5) is 11.5. The molecule has 0 heterocycles. The lowest BCUT2D eigenvalue weighted by molar-refractivity contribution is 0.252. The van der Waals surface area contributed by atoms with Gasteiger partial charge in [0.25, 0.3) is 0 Å². The van der Waals surface area contributed by atoms with Crippen molar-refractivity contribution in [1.82, 2.24) is 5.32 Å². The fourth-order valence-electron chi connectivity index (χ4n) is 1.75. The second kappa shape index (κ2) is 7.70. The third-order valence-electron chi connectivity index (χ3n) is 2.87. The number of carbonyl (C=O) groups is 1. The zero-order valence-corrected chi connectivity index (χ0v) is 12.3. The quantitative estimate of drug-likeness (QED) is 0.879. The normalized spacial score (nSPS) is 9.64. The minimum atomic E-state index is -0.220. The number of hydrogen-bond donors (Lipinski definition) is 2. The average molecular weight is 295 g/mol. The van der Waals surface area contributed by atoms with Crippen LogP contribution in [0.3, 0.4) is 0 Å². The summed E-state index contributed by atoms with van der Waals surface area (Å²) in [5, 5.41) is 14.2. The molecule has 0 atom stereocenters.